The molecule has 0 radical (unpaired) electrons. The van der Waals surface area contributed by atoms with Gasteiger partial charge in [-0.2, -0.15) is 0 Å². The zero-order chi connectivity index (χ0) is 16.3. The zero-order valence-corrected chi connectivity index (χ0v) is 13.9. The molecule has 0 aromatic heterocycles. The average Bonchev–Trinajstić information content (AvgIpc) is 2.79. The Labute approximate surface area is 134 Å². The Balaban J connectivity index is 2.52. The van der Waals surface area contributed by atoms with Crippen molar-refractivity contribution in [3.05, 3.63) is 35.9 Å². The number of aromatic hydroxyl groups is 1. The molecule has 1 aliphatic heterocycles. The van der Waals surface area contributed by atoms with Crippen LogP contribution in [0.15, 0.2) is 24.8 Å². The summed E-state index contributed by atoms with van der Waals surface area (Å²) in [5.41, 5.74) is 1.56. The summed E-state index contributed by atoms with van der Waals surface area (Å²) >= 11 is 1.49. The Hall–Kier alpha value is -1.66. The smallest absolute Gasteiger partial charge is 0.257 e. The number of rotatable bonds is 6. The highest BCUT2D eigenvalue weighted by Crippen LogP contribution is 2.47. The van der Waals surface area contributed by atoms with E-state index in [4.69, 9.17) is 9.57 Å². The molecule has 1 amide bonds. The Morgan fingerprint density at radius 3 is 2.86 bits per heavy atom. The number of methoxy groups -OCH3 is 1. The second-order valence-corrected chi connectivity index (χ2v) is 6.43. The Bertz CT molecular complexity index is 590. The maximum absolute atomic E-state index is 12.1. The molecule has 1 aromatic rings. The van der Waals surface area contributed by atoms with E-state index in [0.29, 0.717) is 30.1 Å². The van der Waals surface area contributed by atoms with Crippen LogP contribution in [0.2, 0.25) is 0 Å². The zero-order valence-electron chi connectivity index (χ0n) is 13.1. The first kappa shape index (κ1) is 16.7. The summed E-state index contributed by atoms with van der Waals surface area (Å²) in [6.45, 7) is 7.90. The molecule has 120 valence electrons. The van der Waals surface area contributed by atoms with E-state index in [2.05, 4.69) is 6.58 Å². The van der Waals surface area contributed by atoms with Crippen LogP contribution < -0.4 is 4.74 Å². The van der Waals surface area contributed by atoms with Gasteiger partial charge < -0.3 is 9.84 Å². The molecular weight excluding hydrogens is 302 g/mol. The second kappa shape index (κ2) is 6.62. The van der Waals surface area contributed by atoms with Crippen molar-refractivity contribution in [3.63, 3.8) is 0 Å². The number of phenols is 1. The molecule has 0 spiro atoms. The van der Waals surface area contributed by atoms with Gasteiger partial charge in [0.05, 0.1) is 19.5 Å². The summed E-state index contributed by atoms with van der Waals surface area (Å²) in [6, 6.07) is 3.62. The van der Waals surface area contributed by atoms with Gasteiger partial charge in [-0.3, -0.25) is 9.63 Å². The molecular formula is C16H21NO4S. The fourth-order valence-electron chi connectivity index (χ4n) is 2.48. The molecule has 5 nitrogen and oxygen atoms in total. The number of hydrogen-bond donors (Lipinski definition) is 1. The van der Waals surface area contributed by atoms with Gasteiger partial charge in [-0.25, -0.2) is 5.06 Å². The summed E-state index contributed by atoms with van der Waals surface area (Å²) in [5, 5.41) is 11.6. The molecule has 1 fully saturated rings. The van der Waals surface area contributed by atoms with Crippen molar-refractivity contribution in [2.45, 2.75) is 25.1 Å². The van der Waals surface area contributed by atoms with E-state index < -0.39 is 4.87 Å². The van der Waals surface area contributed by atoms with Gasteiger partial charge in [-0.1, -0.05) is 6.08 Å². The molecule has 1 N–H and O–H groups in total. The minimum atomic E-state index is -0.649. The number of ether oxygens (including phenoxy) is 1. The van der Waals surface area contributed by atoms with E-state index in [1.807, 2.05) is 19.9 Å². The molecule has 1 saturated heterocycles. The standard InChI is InChI=1S/C16H21NO4S/c1-5-7-11-8-12(9-13(20-4)15(11)19)16(3)17(21-6-2)14(18)10-22-16/h5,8-9,19H,1,6-7,10H2,2-4H3. The van der Waals surface area contributed by atoms with Crippen LogP contribution in [0, 0.1) is 0 Å². The molecule has 1 atom stereocenters. The molecule has 2 rings (SSSR count). The largest absolute Gasteiger partial charge is 0.504 e. The highest BCUT2D eigenvalue weighted by atomic mass is 32.2. The van der Waals surface area contributed by atoms with Gasteiger partial charge in [0.1, 0.15) is 4.87 Å². The first-order valence-electron chi connectivity index (χ1n) is 7.09. The van der Waals surface area contributed by atoms with Crippen molar-refractivity contribution in [1.29, 1.82) is 0 Å². The minimum absolute atomic E-state index is 0.0633. The third kappa shape index (κ3) is 2.80. The minimum Gasteiger partial charge on any atom is -0.504 e. The van der Waals surface area contributed by atoms with Crippen LogP contribution >= 0.6 is 11.8 Å². The molecule has 0 saturated carbocycles. The number of nitrogens with zero attached hydrogens (tertiary/aromatic N) is 1. The lowest BCUT2D eigenvalue weighted by atomic mass is 10.0. The van der Waals surface area contributed by atoms with Crippen LogP contribution in [0.4, 0.5) is 0 Å². The quantitative estimate of drug-likeness (QED) is 0.816. The summed E-state index contributed by atoms with van der Waals surface area (Å²) in [6.07, 6.45) is 2.23. The van der Waals surface area contributed by atoms with Gasteiger partial charge in [0.25, 0.3) is 5.91 Å². The van der Waals surface area contributed by atoms with E-state index >= 15 is 0 Å². The van der Waals surface area contributed by atoms with E-state index in [1.54, 1.807) is 12.1 Å². The van der Waals surface area contributed by atoms with Crippen molar-refractivity contribution >= 4 is 17.7 Å². The van der Waals surface area contributed by atoms with Crippen molar-refractivity contribution in [2.75, 3.05) is 19.5 Å². The van der Waals surface area contributed by atoms with Crippen molar-refractivity contribution in [1.82, 2.24) is 5.06 Å². The molecule has 1 heterocycles. The Morgan fingerprint density at radius 2 is 2.27 bits per heavy atom. The third-order valence-electron chi connectivity index (χ3n) is 3.62. The summed E-state index contributed by atoms with van der Waals surface area (Å²) < 4.78 is 5.26. The molecule has 6 heteroatoms. The SMILES string of the molecule is C=CCc1cc(C2(C)SCC(=O)N2OCC)cc(OC)c1O. The van der Waals surface area contributed by atoms with Crippen LogP contribution in [-0.4, -0.2) is 35.5 Å². The van der Waals surface area contributed by atoms with E-state index in [9.17, 15) is 9.90 Å². The predicted molar refractivity (Wildman–Crippen MR) is 86.8 cm³/mol. The number of allylic oxidation sites excluding steroid dienone is 1. The topological polar surface area (TPSA) is 59.0 Å². The number of amides is 1. The monoisotopic (exact) mass is 323 g/mol. The molecule has 1 aromatic carbocycles. The maximum atomic E-state index is 12.1. The number of hydrogen-bond acceptors (Lipinski definition) is 5. The second-order valence-electron chi connectivity index (χ2n) is 5.06. The van der Waals surface area contributed by atoms with Crippen molar-refractivity contribution < 1.29 is 19.5 Å². The maximum Gasteiger partial charge on any atom is 0.257 e. The van der Waals surface area contributed by atoms with Gasteiger partial charge >= 0.3 is 0 Å². The van der Waals surface area contributed by atoms with Crippen molar-refractivity contribution in [3.8, 4) is 11.5 Å². The van der Waals surface area contributed by atoms with Gasteiger partial charge in [0.15, 0.2) is 11.5 Å². The van der Waals surface area contributed by atoms with Gasteiger partial charge in [-0.15, -0.1) is 18.3 Å². The number of hydroxylamine groups is 2. The number of carbonyl (C=O) groups is 1. The number of carbonyl (C=O) groups excluding carboxylic acids is 1. The number of phenolic OH excluding ortho intramolecular Hbond substituents is 1. The molecule has 0 aliphatic carbocycles. The Kier molecular flexibility index (Phi) is 5.03. The first-order valence-corrected chi connectivity index (χ1v) is 8.07. The van der Waals surface area contributed by atoms with E-state index in [-0.39, 0.29) is 11.7 Å². The fourth-order valence-corrected chi connectivity index (χ4v) is 3.56. The Morgan fingerprint density at radius 1 is 1.55 bits per heavy atom. The van der Waals surface area contributed by atoms with E-state index in [1.165, 1.54) is 23.9 Å². The highest BCUT2D eigenvalue weighted by Gasteiger charge is 2.45. The van der Waals surface area contributed by atoms with Crippen molar-refractivity contribution in [2.24, 2.45) is 0 Å². The highest BCUT2D eigenvalue weighted by molar-refractivity contribution is 8.01. The van der Waals surface area contributed by atoms with Crippen LogP contribution in [0.3, 0.4) is 0 Å². The predicted octanol–water partition coefficient (Wildman–Crippen LogP) is 2.83. The third-order valence-corrected chi connectivity index (χ3v) is 4.98. The fraction of sp³-hybridized carbons (Fsp3) is 0.438. The molecule has 0 bridgehead atoms. The summed E-state index contributed by atoms with van der Waals surface area (Å²) in [7, 11) is 1.51. The molecule has 22 heavy (non-hydrogen) atoms. The lowest BCUT2D eigenvalue weighted by Crippen LogP contribution is -2.40. The van der Waals surface area contributed by atoms with E-state index in [0.717, 1.165) is 5.56 Å². The normalized spacial score (nSPS) is 21.2. The first-order chi connectivity index (χ1) is 10.5. The lowest BCUT2D eigenvalue weighted by molar-refractivity contribution is -0.197. The molecule has 1 unspecified atom stereocenters. The van der Waals surface area contributed by atoms with Crippen LogP contribution in [-0.2, 0) is 20.9 Å². The van der Waals surface area contributed by atoms with Gasteiger partial charge in [0.2, 0.25) is 0 Å². The number of thioether (sulfide) groups is 1. The van der Waals surface area contributed by atoms with Crippen LogP contribution in [0.1, 0.15) is 25.0 Å². The van der Waals surface area contributed by atoms with Crippen LogP contribution in [0.25, 0.3) is 0 Å². The lowest BCUT2D eigenvalue weighted by Gasteiger charge is -2.33. The van der Waals surface area contributed by atoms with Crippen LogP contribution in [0.5, 0.6) is 11.5 Å². The van der Waals surface area contributed by atoms with Gasteiger partial charge in [0, 0.05) is 5.56 Å². The average molecular weight is 323 g/mol. The summed E-state index contributed by atoms with van der Waals surface area (Å²) in [4.78, 5) is 16.9. The van der Waals surface area contributed by atoms with Gasteiger partial charge in [-0.05, 0) is 38.0 Å². The molecule has 1 aliphatic rings. The number of benzene rings is 1. The summed E-state index contributed by atoms with van der Waals surface area (Å²) in [5.74, 6) is 0.780.